The van der Waals surface area contributed by atoms with Crippen LogP contribution >= 0.6 is 0 Å². The molecule has 0 bridgehead atoms. The van der Waals surface area contributed by atoms with Crippen LogP contribution in [0.3, 0.4) is 0 Å². The minimum Gasteiger partial charge on any atom is -0.171 e. The van der Waals surface area contributed by atoms with Crippen LogP contribution in [0.25, 0.3) is 0 Å². The van der Waals surface area contributed by atoms with Crippen LogP contribution in [-0.2, 0) is 0 Å². The van der Waals surface area contributed by atoms with E-state index in [1.165, 1.54) is 6.92 Å². The summed E-state index contributed by atoms with van der Waals surface area (Å²) in [5.74, 6) is -0.735. The van der Waals surface area contributed by atoms with Gasteiger partial charge in [-0.2, -0.15) is 13.2 Å². The molecule has 3 heteroatoms. The Kier molecular flexibility index (Phi) is 4.64. The molecule has 0 radical (unpaired) electrons. The summed E-state index contributed by atoms with van der Waals surface area (Å²) in [6.07, 6.45) is -2.10. The standard InChI is InChI=1S/C9H17F3/c1-4-7(2)5-6-8(3)9(10,11)12/h7-8H,4-6H2,1-3H3. The van der Waals surface area contributed by atoms with E-state index in [2.05, 4.69) is 0 Å². The van der Waals surface area contributed by atoms with E-state index in [1.54, 1.807) is 0 Å². The van der Waals surface area contributed by atoms with Gasteiger partial charge in [0.15, 0.2) is 0 Å². The molecule has 0 saturated heterocycles. The Balaban J connectivity index is 3.64. The molecule has 0 nitrogen and oxygen atoms in total. The van der Waals surface area contributed by atoms with Crippen LogP contribution in [-0.4, -0.2) is 6.18 Å². The Morgan fingerprint density at radius 3 is 1.92 bits per heavy atom. The summed E-state index contributed by atoms with van der Waals surface area (Å²) in [7, 11) is 0. The van der Waals surface area contributed by atoms with Crippen LogP contribution in [0, 0.1) is 11.8 Å². The largest absolute Gasteiger partial charge is 0.391 e. The Morgan fingerprint density at radius 1 is 1.08 bits per heavy atom. The Morgan fingerprint density at radius 2 is 1.58 bits per heavy atom. The van der Waals surface area contributed by atoms with Crippen LogP contribution in [0.4, 0.5) is 13.2 Å². The number of rotatable bonds is 4. The summed E-state index contributed by atoms with van der Waals surface area (Å²) in [5.41, 5.74) is 0. The lowest BCUT2D eigenvalue weighted by Crippen LogP contribution is -2.20. The minimum atomic E-state index is -4.01. The zero-order valence-corrected chi connectivity index (χ0v) is 7.91. The van der Waals surface area contributed by atoms with Crippen LogP contribution < -0.4 is 0 Å². The summed E-state index contributed by atoms with van der Waals surface area (Å²) >= 11 is 0. The average Bonchev–Trinajstić information content (AvgIpc) is 1.97. The van der Waals surface area contributed by atoms with Crippen molar-refractivity contribution >= 4 is 0 Å². The zero-order chi connectivity index (χ0) is 9.78. The van der Waals surface area contributed by atoms with Crippen molar-refractivity contribution in [2.45, 2.75) is 46.2 Å². The Bertz CT molecular complexity index is 117. The number of alkyl halides is 3. The van der Waals surface area contributed by atoms with Crippen molar-refractivity contribution in [3.05, 3.63) is 0 Å². The smallest absolute Gasteiger partial charge is 0.171 e. The molecule has 0 heterocycles. The van der Waals surface area contributed by atoms with Crippen LogP contribution in [0.1, 0.15) is 40.0 Å². The van der Waals surface area contributed by atoms with Crippen molar-refractivity contribution in [1.29, 1.82) is 0 Å². The van der Waals surface area contributed by atoms with Gasteiger partial charge in [0.1, 0.15) is 0 Å². The third-order valence-corrected chi connectivity index (χ3v) is 2.35. The molecule has 0 amide bonds. The minimum absolute atomic E-state index is 0.262. The predicted molar refractivity (Wildman–Crippen MR) is 43.9 cm³/mol. The van der Waals surface area contributed by atoms with E-state index in [-0.39, 0.29) is 6.42 Å². The fourth-order valence-electron chi connectivity index (χ4n) is 0.902. The van der Waals surface area contributed by atoms with Crippen LogP contribution in [0.2, 0.25) is 0 Å². The van der Waals surface area contributed by atoms with E-state index in [0.29, 0.717) is 12.3 Å². The second kappa shape index (κ2) is 4.73. The van der Waals surface area contributed by atoms with E-state index < -0.39 is 12.1 Å². The molecule has 0 spiro atoms. The quantitative estimate of drug-likeness (QED) is 0.616. The van der Waals surface area contributed by atoms with Crippen molar-refractivity contribution in [1.82, 2.24) is 0 Å². The second-order valence-corrected chi connectivity index (χ2v) is 3.53. The Hall–Kier alpha value is -0.210. The third-order valence-electron chi connectivity index (χ3n) is 2.35. The summed E-state index contributed by atoms with van der Waals surface area (Å²) in [6, 6.07) is 0. The lowest BCUT2D eigenvalue weighted by Gasteiger charge is -2.17. The zero-order valence-electron chi connectivity index (χ0n) is 7.91. The molecule has 0 aliphatic rings. The van der Waals surface area contributed by atoms with E-state index in [0.717, 1.165) is 6.42 Å². The lowest BCUT2D eigenvalue weighted by atomic mass is 9.96. The van der Waals surface area contributed by atoms with E-state index >= 15 is 0 Å². The molecule has 12 heavy (non-hydrogen) atoms. The van der Waals surface area contributed by atoms with Gasteiger partial charge in [-0.05, 0) is 12.3 Å². The van der Waals surface area contributed by atoms with Crippen LogP contribution in [0.5, 0.6) is 0 Å². The van der Waals surface area contributed by atoms with E-state index in [1.807, 2.05) is 13.8 Å². The molecular formula is C9H17F3. The molecule has 74 valence electrons. The summed E-state index contributed by atoms with van der Waals surface area (Å²) in [5, 5.41) is 0. The van der Waals surface area contributed by atoms with Gasteiger partial charge in [0.25, 0.3) is 0 Å². The first-order chi connectivity index (χ1) is 5.38. The van der Waals surface area contributed by atoms with Crippen molar-refractivity contribution in [2.24, 2.45) is 11.8 Å². The topological polar surface area (TPSA) is 0 Å². The summed E-state index contributed by atoms with van der Waals surface area (Å²) < 4.78 is 36.0. The van der Waals surface area contributed by atoms with Crippen molar-refractivity contribution in [3.8, 4) is 0 Å². The van der Waals surface area contributed by atoms with Gasteiger partial charge >= 0.3 is 6.18 Å². The third kappa shape index (κ3) is 4.62. The van der Waals surface area contributed by atoms with Gasteiger partial charge in [-0.25, -0.2) is 0 Å². The second-order valence-electron chi connectivity index (χ2n) is 3.53. The van der Waals surface area contributed by atoms with Gasteiger partial charge in [0.05, 0.1) is 5.92 Å². The number of halogens is 3. The van der Waals surface area contributed by atoms with Crippen LogP contribution in [0.15, 0.2) is 0 Å². The van der Waals surface area contributed by atoms with E-state index in [4.69, 9.17) is 0 Å². The molecule has 0 N–H and O–H groups in total. The number of hydrogen-bond acceptors (Lipinski definition) is 0. The monoisotopic (exact) mass is 182 g/mol. The highest BCUT2D eigenvalue weighted by Gasteiger charge is 2.35. The molecule has 0 fully saturated rings. The van der Waals surface area contributed by atoms with Gasteiger partial charge in [0.2, 0.25) is 0 Å². The maximum absolute atomic E-state index is 12.0. The number of hydrogen-bond donors (Lipinski definition) is 0. The molecule has 0 aromatic rings. The van der Waals surface area contributed by atoms with Gasteiger partial charge in [0, 0.05) is 0 Å². The maximum Gasteiger partial charge on any atom is 0.391 e. The molecule has 2 unspecified atom stereocenters. The van der Waals surface area contributed by atoms with Crippen molar-refractivity contribution < 1.29 is 13.2 Å². The molecule has 0 aliphatic carbocycles. The average molecular weight is 182 g/mol. The normalized spacial score (nSPS) is 17.5. The fourth-order valence-corrected chi connectivity index (χ4v) is 0.902. The highest BCUT2D eigenvalue weighted by Crippen LogP contribution is 2.30. The summed E-state index contributed by atoms with van der Waals surface area (Å²) in [4.78, 5) is 0. The molecular weight excluding hydrogens is 165 g/mol. The molecule has 0 aromatic heterocycles. The first kappa shape index (κ1) is 11.8. The summed E-state index contributed by atoms with van der Waals surface area (Å²) in [6.45, 7) is 5.24. The van der Waals surface area contributed by atoms with E-state index in [9.17, 15) is 13.2 Å². The highest BCUT2D eigenvalue weighted by molar-refractivity contribution is 4.63. The van der Waals surface area contributed by atoms with Gasteiger partial charge in [-0.3, -0.25) is 0 Å². The maximum atomic E-state index is 12.0. The first-order valence-electron chi connectivity index (χ1n) is 4.44. The molecule has 2 atom stereocenters. The van der Waals surface area contributed by atoms with Crippen molar-refractivity contribution in [2.75, 3.05) is 0 Å². The highest BCUT2D eigenvalue weighted by atomic mass is 19.4. The lowest BCUT2D eigenvalue weighted by molar-refractivity contribution is -0.171. The molecule has 0 aromatic carbocycles. The molecule has 0 rings (SSSR count). The van der Waals surface area contributed by atoms with Gasteiger partial charge in [-0.15, -0.1) is 0 Å². The van der Waals surface area contributed by atoms with Gasteiger partial charge < -0.3 is 0 Å². The fraction of sp³-hybridized carbons (Fsp3) is 1.00. The van der Waals surface area contributed by atoms with Crippen molar-refractivity contribution in [3.63, 3.8) is 0 Å². The van der Waals surface area contributed by atoms with Gasteiger partial charge in [-0.1, -0.05) is 33.6 Å². The molecule has 0 aliphatic heterocycles. The predicted octanol–water partition coefficient (Wildman–Crippen LogP) is 4.01. The first-order valence-corrected chi connectivity index (χ1v) is 4.44. The molecule has 0 saturated carbocycles. The SMILES string of the molecule is CCC(C)CCC(C)C(F)(F)F. The Labute approximate surface area is 72.2 Å².